The Labute approximate surface area is 176 Å². The van der Waals surface area contributed by atoms with Gasteiger partial charge in [0.1, 0.15) is 5.69 Å². The van der Waals surface area contributed by atoms with Gasteiger partial charge in [-0.05, 0) is 23.3 Å². The molecular formula is C26H20BNO2. The Morgan fingerprint density at radius 1 is 0.700 bits per heavy atom. The quantitative estimate of drug-likeness (QED) is 0.386. The number of carbonyl (C=O) groups excluding carboxylic acids is 1. The van der Waals surface area contributed by atoms with Crippen molar-refractivity contribution in [2.24, 2.45) is 0 Å². The van der Waals surface area contributed by atoms with Crippen LogP contribution < -0.4 is 0 Å². The molecule has 3 aromatic carbocycles. The van der Waals surface area contributed by atoms with Crippen molar-refractivity contribution >= 4 is 35.9 Å². The second-order valence-corrected chi connectivity index (χ2v) is 6.80. The summed E-state index contributed by atoms with van der Waals surface area (Å²) in [6.07, 6.45) is 3.89. The average molecular weight is 389 g/mol. The minimum Gasteiger partial charge on any atom is -0.523 e. The number of hydrogen-bond donors (Lipinski definition) is 0. The molecule has 4 rings (SSSR count). The number of para-hydroxylation sites is 1. The Bertz CT molecular complexity index is 1140. The zero-order valence-corrected chi connectivity index (χ0v) is 16.4. The summed E-state index contributed by atoms with van der Waals surface area (Å²) in [6.45, 7) is -0.522. The Balaban J connectivity index is 1.56. The van der Waals surface area contributed by atoms with Gasteiger partial charge in [0, 0.05) is 5.39 Å². The van der Waals surface area contributed by atoms with Crippen LogP contribution in [0.1, 0.15) is 21.6 Å². The largest absolute Gasteiger partial charge is 0.523 e. The topological polar surface area (TPSA) is 39.2 Å². The van der Waals surface area contributed by atoms with Gasteiger partial charge in [-0.2, -0.15) is 0 Å². The summed E-state index contributed by atoms with van der Waals surface area (Å²) in [5, 5.41) is 0.985. The fourth-order valence-electron chi connectivity index (χ4n) is 3.05. The van der Waals surface area contributed by atoms with Gasteiger partial charge >= 0.3 is 12.9 Å². The summed E-state index contributed by atoms with van der Waals surface area (Å²) in [5.74, 6) is 3.28. The van der Waals surface area contributed by atoms with Crippen LogP contribution >= 0.6 is 0 Å². The molecule has 0 atom stereocenters. The molecule has 0 unspecified atom stereocenters. The monoisotopic (exact) mass is 389 g/mol. The third-order valence-electron chi connectivity index (χ3n) is 4.61. The molecule has 4 aromatic rings. The van der Waals surface area contributed by atoms with Gasteiger partial charge in [-0.1, -0.05) is 109 Å². The predicted octanol–water partition coefficient (Wildman–Crippen LogP) is 5.89. The van der Waals surface area contributed by atoms with E-state index in [1.165, 1.54) is 0 Å². The van der Waals surface area contributed by atoms with Gasteiger partial charge in [0.05, 0.1) is 5.52 Å². The first-order valence-electron chi connectivity index (χ1n) is 9.81. The molecule has 0 N–H and O–H groups in total. The maximum absolute atomic E-state index is 12.8. The van der Waals surface area contributed by atoms with Crippen molar-refractivity contribution in [2.75, 3.05) is 0 Å². The highest BCUT2D eigenvalue weighted by Gasteiger charge is 2.17. The van der Waals surface area contributed by atoms with E-state index in [1.54, 1.807) is 6.07 Å². The first-order chi connectivity index (χ1) is 14.8. The number of rotatable bonds is 6. The van der Waals surface area contributed by atoms with Crippen LogP contribution in [0, 0.1) is 0 Å². The van der Waals surface area contributed by atoms with Crippen LogP contribution in [0.2, 0.25) is 0 Å². The number of carbonyl (C=O) groups is 1. The molecule has 0 spiro atoms. The van der Waals surface area contributed by atoms with Crippen LogP contribution in [0.5, 0.6) is 0 Å². The summed E-state index contributed by atoms with van der Waals surface area (Å²) in [4.78, 5) is 17.2. The standard InChI is InChI=1S/C26H20BNO2/c29-26(25-16-15-23-13-7-8-14-24(23)28-25)30-27(19-17-21-9-3-1-4-10-21)20-18-22-11-5-2-6-12-22/h1-20H. The van der Waals surface area contributed by atoms with Crippen molar-refractivity contribution < 1.29 is 9.45 Å². The summed E-state index contributed by atoms with van der Waals surface area (Å²) in [6, 6.07) is 31.1. The summed E-state index contributed by atoms with van der Waals surface area (Å²) < 4.78 is 5.75. The lowest BCUT2D eigenvalue weighted by molar-refractivity contribution is 0.0732. The predicted molar refractivity (Wildman–Crippen MR) is 124 cm³/mol. The Hall–Kier alpha value is -3.92. The van der Waals surface area contributed by atoms with E-state index in [9.17, 15) is 4.79 Å². The number of benzene rings is 3. The van der Waals surface area contributed by atoms with E-state index in [4.69, 9.17) is 4.65 Å². The molecule has 0 fully saturated rings. The molecule has 0 radical (unpaired) electrons. The first kappa shape index (κ1) is 19.4. The Morgan fingerprint density at radius 3 is 1.90 bits per heavy atom. The summed E-state index contributed by atoms with van der Waals surface area (Å²) >= 11 is 0. The zero-order chi connectivity index (χ0) is 20.6. The number of aromatic nitrogens is 1. The van der Waals surface area contributed by atoms with Gasteiger partial charge in [0.2, 0.25) is 0 Å². The van der Waals surface area contributed by atoms with Crippen molar-refractivity contribution in [3.05, 3.63) is 126 Å². The lowest BCUT2D eigenvalue weighted by atomic mass is 9.67. The minimum atomic E-state index is -0.522. The van der Waals surface area contributed by atoms with Gasteiger partial charge in [-0.25, -0.2) is 9.78 Å². The molecule has 1 heterocycles. The highest BCUT2D eigenvalue weighted by Crippen LogP contribution is 2.13. The van der Waals surface area contributed by atoms with Gasteiger partial charge in [-0.15, -0.1) is 0 Å². The van der Waals surface area contributed by atoms with Crippen LogP contribution in [-0.2, 0) is 4.65 Å². The molecular weight excluding hydrogens is 369 g/mol. The van der Waals surface area contributed by atoms with E-state index < -0.39 is 12.9 Å². The van der Waals surface area contributed by atoms with Crippen molar-refractivity contribution in [3.63, 3.8) is 0 Å². The third-order valence-corrected chi connectivity index (χ3v) is 4.61. The van der Waals surface area contributed by atoms with E-state index in [0.29, 0.717) is 5.69 Å². The van der Waals surface area contributed by atoms with E-state index in [-0.39, 0.29) is 0 Å². The van der Waals surface area contributed by atoms with Crippen molar-refractivity contribution in [1.82, 2.24) is 4.98 Å². The minimum absolute atomic E-state index is 0.292. The second kappa shape index (κ2) is 9.53. The van der Waals surface area contributed by atoms with Crippen LogP contribution in [0.15, 0.2) is 109 Å². The first-order valence-corrected chi connectivity index (χ1v) is 9.81. The van der Waals surface area contributed by atoms with E-state index in [0.717, 1.165) is 22.0 Å². The molecule has 0 aliphatic heterocycles. The van der Waals surface area contributed by atoms with E-state index in [1.807, 2.05) is 115 Å². The fourth-order valence-corrected chi connectivity index (χ4v) is 3.05. The molecule has 0 amide bonds. The maximum Gasteiger partial charge on any atom is 0.415 e. The van der Waals surface area contributed by atoms with E-state index >= 15 is 0 Å². The summed E-state index contributed by atoms with van der Waals surface area (Å²) in [7, 11) is 0. The molecule has 3 nitrogen and oxygen atoms in total. The lowest BCUT2D eigenvalue weighted by Gasteiger charge is -2.08. The van der Waals surface area contributed by atoms with E-state index in [2.05, 4.69) is 4.98 Å². The highest BCUT2D eigenvalue weighted by molar-refractivity contribution is 6.66. The van der Waals surface area contributed by atoms with Crippen molar-refractivity contribution in [2.45, 2.75) is 0 Å². The van der Waals surface area contributed by atoms with Crippen LogP contribution in [0.25, 0.3) is 23.1 Å². The average Bonchev–Trinajstić information content (AvgIpc) is 2.81. The SMILES string of the molecule is O=C(OB(C=Cc1ccccc1)C=Cc1ccccc1)c1ccc2ccccc2n1. The van der Waals surface area contributed by atoms with Crippen LogP contribution in [-0.4, -0.2) is 17.9 Å². The highest BCUT2D eigenvalue weighted by atomic mass is 16.5. The third kappa shape index (κ3) is 5.12. The van der Waals surface area contributed by atoms with Crippen molar-refractivity contribution in [1.29, 1.82) is 0 Å². The Kier molecular flexibility index (Phi) is 6.16. The van der Waals surface area contributed by atoms with Crippen LogP contribution in [0.3, 0.4) is 0 Å². The molecule has 0 saturated heterocycles. The van der Waals surface area contributed by atoms with Crippen LogP contribution in [0.4, 0.5) is 0 Å². The molecule has 0 saturated carbocycles. The normalized spacial score (nSPS) is 11.2. The fraction of sp³-hybridized carbons (Fsp3) is 0. The smallest absolute Gasteiger partial charge is 0.415 e. The summed E-state index contributed by atoms with van der Waals surface area (Å²) in [5.41, 5.74) is 3.13. The number of nitrogens with zero attached hydrogens (tertiary/aromatic N) is 1. The number of hydrogen-bond acceptors (Lipinski definition) is 3. The lowest BCUT2D eigenvalue weighted by Crippen LogP contribution is -2.19. The molecule has 30 heavy (non-hydrogen) atoms. The molecule has 0 bridgehead atoms. The number of fused-ring (bicyclic) bond motifs is 1. The Morgan fingerprint density at radius 2 is 1.27 bits per heavy atom. The van der Waals surface area contributed by atoms with Gasteiger partial charge < -0.3 is 4.65 Å². The zero-order valence-electron chi connectivity index (χ0n) is 16.4. The van der Waals surface area contributed by atoms with Gasteiger partial charge in [0.25, 0.3) is 0 Å². The number of pyridine rings is 1. The molecule has 0 aliphatic carbocycles. The van der Waals surface area contributed by atoms with Crippen molar-refractivity contribution in [3.8, 4) is 0 Å². The molecule has 144 valence electrons. The second-order valence-electron chi connectivity index (χ2n) is 6.80. The van der Waals surface area contributed by atoms with Gasteiger partial charge in [0.15, 0.2) is 0 Å². The molecule has 4 heteroatoms. The molecule has 0 aliphatic rings. The molecule has 1 aromatic heterocycles. The maximum atomic E-state index is 12.8. The van der Waals surface area contributed by atoms with Gasteiger partial charge in [-0.3, -0.25) is 0 Å².